The Hall–Kier alpha value is -3.33. The van der Waals surface area contributed by atoms with E-state index < -0.39 is 6.09 Å². The molecule has 0 saturated heterocycles. The Bertz CT molecular complexity index is 961. The monoisotopic (exact) mass is 442 g/mol. The first-order valence-corrected chi connectivity index (χ1v) is 10.6. The molecule has 2 rings (SSSR count). The largest absolute Gasteiger partial charge is 0.447 e. The highest BCUT2D eigenvalue weighted by atomic mass is 32.2. The molecule has 2 aromatic carbocycles. The third-order valence-electron chi connectivity index (χ3n) is 3.63. The van der Waals surface area contributed by atoms with Gasteiger partial charge in [-0.25, -0.2) is 9.79 Å². The SMILES string of the molecule is CCC(=O)NC(=Nc1ccc(Sc2ccccc2)cc1NC(C)=O)NC(=O)OC(C)C. The zero-order valence-corrected chi connectivity index (χ0v) is 18.7. The van der Waals surface area contributed by atoms with E-state index in [1.165, 1.54) is 18.7 Å². The molecule has 0 atom stereocenters. The molecule has 0 aromatic heterocycles. The number of carbonyl (C=O) groups is 3. The molecule has 0 aliphatic heterocycles. The van der Waals surface area contributed by atoms with Crippen LogP contribution >= 0.6 is 11.8 Å². The fraction of sp³-hybridized carbons (Fsp3) is 0.273. The summed E-state index contributed by atoms with van der Waals surface area (Å²) in [7, 11) is 0. The van der Waals surface area contributed by atoms with Crippen LogP contribution in [-0.2, 0) is 14.3 Å². The summed E-state index contributed by atoms with van der Waals surface area (Å²) >= 11 is 1.53. The average Bonchev–Trinajstić information content (AvgIpc) is 2.69. The Morgan fingerprint density at radius 2 is 1.74 bits per heavy atom. The van der Waals surface area contributed by atoms with Gasteiger partial charge in [-0.1, -0.05) is 36.9 Å². The summed E-state index contributed by atoms with van der Waals surface area (Å²) < 4.78 is 5.06. The summed E-state index contributed by atoms with van der Waals surface area (Å²) in [6, 6.07) is 15.1. The van der Waals surface area contributed by atoms with Gasteiger partial charge < -0.3 is 10.1 Å². The predicted molar refractivity (Wildman–Crippen MR) is 122 cm³/mol. The molecule has 0 aliphatic rings. The molecular formula is C22H26N4O4S. The topological polar surface area (TPSA) is 109 Å². The van der Waals surface area contributed by atoms with Crippen molar-refractivity contribution in [3.63, 3.8) is 0 Å². The molecule has 0 fully saturated rings. The van der Waals surface area contributed by atoms with Crippen molar-refractivity contribution in [2.75, 3.05) is 5.32 Å². The van der Waals surface area contributed by atoms with Gasteiger partial charge in [-0.05, 0) is 44.2 Å². The number of hydrogen-bond acceptors (Lipinski definition) is 6. The summed E-state index contributed by atoms with van der Waals surface area (Å²) in [5.41, 5.74) is 0.805. The molecule has 0 bridgehead atoms. The van der Waals surface area contributed by atoms with E-state index >= 15 is 0 Å². The van der Waals surface area contributed by atoms with Crippen LogP contribution in [0.3, 0.4) is 0 Å². The zero-order chi connectivity index (χ0) is 22.8. The maximum atomic E-state index is 12.0. The van der Waals surface area contributed by atoms with Gasteiger partial charge in [-0.2, -0.15) is 0 Å². The van der Waals surface area contributed by atoms with Gasteiger partial charge in [0.2, 0.25) is 17.8 Å². The second-order valence-corrected chi connectivity index (χ2v) is 7.86. The minimum atomic E-state index is -0.748. The smallest absolute Gasteiger partial charge is 0.414 e. The standard InChI is InChI=1S/C22H26N4O4S/c1-5-20(28)25-21(26-22(29)30-14(2)3)24-18-12-11-17(13-19(18)23-15(4)27)31-16-9-7-6-8-10-16/h6-14H,5H2,1-4H3,(H,23,27)(H2,24,25,26,28,29). The van der Waals surface area contributed by atoms with Crippen LogP contribution in [0, 0.1) is 0 Å². The van der Waals surface area contributed by atoms with Crippen molar-refractivity contribution >= 4 is 47.0 Å². The number of nitrogens with one attached hydrogen (secondary N) is 3. The Kier molecular flexibility index (Phi) is 9.08. The van der Waals surface area contributed by atoms with Crippen molar-refractivity contribution in [2.24, 2.45) is 4.99 Å². The zero-order valence-electron chi connectivity index (χ0n) is 17.9. The van der Waals surface area contributed by atoms with Gasteiger partial charge in [0.1, 0.15) is 0 Å². The van der Waals surface area contributed by atoms with Crippen LogP contribution in [0.4, 0.5) is 16.2 Å². The van der Waals surface area contributed by atoms with Gasteiger partial charge in [0.15, 0.2) is 0 Å². The second-order valence-electron chi connectivity index (χ2n) is 6.72. The van der Waals surface area contributed by atoms with Gasteiger partial charge >= 0.3 is 6.09 Å². The molecule has 0 heterocycles. The van der Waals surface area contributed by atoms with Crippen LogP contribution in [0.1, 0.15) is 34.1 Å². The Morgan fingerprint density at radius 1 is 1.03 bits per heavy atom. The minimum Gasteiger partial charge on any atom is -0.447 e. The highest BCUT2D eigenvalue weighted by molar-refractivity contribution is 7.99. The maximum Gasteiger partial charge on any atom is 0.414 e. The maximum absolute atomic E-state index is 12.0. The number of rotatable bonds is 6. The van der Waals surface area contributed by atoms with Gasteiger partial charge in [-0.15, -0.1) is 0 Å². The highest BCUT2D eigenvalue weighted by Crippen LogP contribution is 2.34. The van der Waals surface area contributed by atoms with Gasteiger partial charge in [0.25, 0.3) is 0 Å². The first-order valence-electron chi connectivity index (χ1n) is 9.77. The molecule has 3 amide bonds. The van der Waals surface area contributed by atoms with Crippen molar-refractivity contribution in [3.8, 4) is 0 Å². The first-order chi connectivity index (χ1) is 14.8. The minimum absolute atomic E-state index is 0.0902. The van der Waals surface area contributed by atoms with Crippen molar-refractivity contribution in [1.29, 1.82) is 0 Å². The van der Waals surface area contributed by atoms with Crippen LogP contribution in [0.5, 0.6) is 0 Å². The third-order valence-corrected chi connectivity index (χ3v) is 4.63. The number of alkyl carbamates (subject to hydrolysis) is 1. The number of guanidine groups is 1. The Morgan fingerprint density at radius 3 is 2.35 bits per heavy atom. The normalized spacial score (nSPS) is 11.1. The predicted octanol–water partition coefficient (Wildman–Crippen LogP) is 4.44. The van der Waals surface area contributed by atoms with Crippen molar-refractivity contribution in [2.45, 2.75) is 50.0 Å². The molecule has 8 nitrogen and oxygen atoms in total. The molecule has 0 aliphatic carbocycles. The van der Waals surface area contributed by atoms with Gasteiger partial charge in [0.05, 0.1) is 17.5 Å². The lowest BCUT2D eigenvalue weighted by atomic mass is 10.2. The number of ether oxygens (including phenoxy) is 1. The van der Waals surface area contributed by atoms with E-state index in [1.54, 1.807) is 32.9 Å². The molecule has 0 saturated carbocycles. The van der Waals surface area contributed by atoms with E-state index in [4.69, 9.17) is 4.74 Å². The van der Waals surface area contributed by atoms with Crippen molar-refractivity contribution in [1.82, 2.24) is 10.6 Å². The molecule has 0 spiro atoms. The molecule has 9 heteroatoms. The van der Waals surface area contributed by atoms with Gasteiger partial charge in [-0.3, -0.25) is 20.2 Å². The number of amides is 3. The van der Waals surface area contributed by atoms with Crippen molar-refractivity contribution < 1.29 is 19.1 Å². The molecule has 31 heavy (non-hydrogen) atoms. The molecule has 3 N–H and O–H groups in total. The average molecular weight is 443 g/mol. The Balaban J connectivity index is 2.37. The van der Waals surface area contributed by atoms with E-state index in [0.29, 0.717) is 11.4 Å². The quantitative estimate of drug-likeness (QED) is 0.453. The van der Waals surface area contributed by atoms with Crippen LogP contribution in [0.25, 0.3) is 0 Å². The summed E-state index contributed by atoms with van der Waals surface area (Å²) in [5.74, 6) is -0.696. The molecule has 164 valence electrons. The van der Waals surface area contributed by atoms with Crippen LogP contribution in [0.15, 0.2) is 63.3 Å². The fourth-order valence-electron chi connectivity index (χ4n) is 2.36. The van der Waals surface area contributed by atoms with Gasteiger partial charge in [0, 0.05) is 23.1 Å². The fourth-order valence-corrected chi connectivity index (χ4v) is 3.24. The van der Waals surface area contributed by atoms with E-state index in [2.05, 4.69) is 20.9 Å². The van der Waals surface area contributed by atoms with Crippen LogP contribution < -0.4 is 16.0 Å². The van der Waals surface area contributed by atoms with E-state index in [9.17, 15) is 14.4 Å². The van der Waals surface area contributed by atoms with Crippen molar-refractivity contribution in [3.05, 3.63) is 48.5 Å². The Labute approximate surface area is 185 Å². The molecular weight excluding hydrogens is 416 g/mol. The summed E-state index contributed by atoms with van der Waals surface area (Å²) in [6.07, 6.45) is -0.889. The number of carbonyl (C=O) groups excluding carboxylic acids is 3. The summed E-state index contributed by atoms with van der Waals surface area (Å²) in [4.78, 5) is 41.9. The summed E-state index contributed by atoms with van der Waals surface area (Å²) in [5, 5.41) is 7.71. The number of nitrogens with zero attached hydrogens (tertiary/aromatic N) is 1. The molecule has 2 aromatic rings. The lowest BCUT2D eigenvalue weighted by Gasteiger charge is -2.14. The van der Waals surface area contributed by atoms with E-state index in [-0.39, 0.29) is 30.3 Å². The van der Waals surface area contributed by atoms with Crippen LogP contribution in [-0.4, -0.2) is 30.0 Å². The third kappa shape index (κ3) is 8.51. The summed E-state index contributed by atoms with van der Waals surface area (Å²) in [6.45, 7) is 6.48. The van der Waals surface area contributed by atoms with E-state index in [1.807, 2.05) is 36.4 Å². The highest BCUT2D eigenvalue weighted by Gasteiger charge is 2.14. The first kappa shape index (κ1) is 23.9. The molecule has 0 unspecified atom stereocenters. The number of benzene rings is 2. The van der Waals surface area contributed by atoms with E-state index in [0.717, 1.165) is 9.79 Å². The number of hydrogen-bond donors (Lipinski definition) is 3. The van der Waals surface area contributed by atoms with Crippen LogP contribution in [0.2, 0.25) is 0 Å². The lowest BCUT2D eigenvalue weighted by molar-refractivity contribution is -0.119. The number of anilines is 1. The lowest BCUT2D eigenvalue weighted by Crippen LogP contribution is -2.44. The second kappa shape index (κ2) is 11.8. The number of aliphatic imine (C=N–C) groups is 1. The molecule has 0 radical (unpaired) electrons.